The van der Waals surface area contributed by atoms with Crippen LogP contribution in [0, 0.1) is 0 Å². The van der Waals surface area contributed by atoms with Gasteiger partial charge in [0.25, 0.3) is 0 Å². The lowest BCUT2D eigenvalue weighted by molar-refractivity contribution is 0.196. The van der Waals surface area contributed by atoms with Gasteiger partial charge in [-0.25, -0.2) is 0 Å². The van der Waals surface area contributed by atoms with Gasteiger partial charge >= 0.3 is 0 Å². The van der Waals surface area contributed by atoms with E-state index in [0.717, 1.165) is 34.1 Å². The lowest BCUT2D eigenvalue weighted by atomic mass is 10.1. The van der Waals surface area contributed by atoms with Crippen molar-refractivity contribution in [1.82, 2.24) is 0 Å². The van der Waals surface area contributed by atoms with Gasteiger partial charge in [-0.15, -0.1) is 0 Å². The van der Waals surface area contributed by atoms with Crippen molar-refractivity contribution in [3.63, 3.8) is 0 Å². The fourth-order valence-electron chi connectivity index (χ4n) is 2.79. The molecule has 26 heavy (non-hydrogen) atoms. The molecular formula is C21H23NO4. The average Bonchev–Trinajstić information content (AvgIpc) is 2.70. The van der Waals surface area contributed by atoms with Crippen LogP contribution in [0.4, 0.5) is 0 Å². The standard InChI is InChI=1S/C21H23NO4/c1-23-12-6-11-22-17-14-20(26-18-8-5-4-7-16(17)18)15-9-10-19(24-2)21(13-15)25-3/h4-5,7-10,13-14H,6,11-12H2,1-3H3. The van der Waals surface area contributed by atoms with Gasteiger partial charge in [-0.1, -0.05) is 12.1 Å². The Morgan fingerprint density at radius 2 is 1.73 bits per heavy atom. The van der Waals surface area contributed by atoms with E-state index in [4.69, 9.17) is 23.6 Å². The van der Waals surface area contributed by atoms with Crippen molar-refractivity contribution in [3.8, 4) is 22.8 Å². The molecule has 2 aromatic carbocycles. The monoisotopic (exact) mass is 353 g/mol. The summed E-state index contributed by atoms with van der Waals surface area (Å²) in [6, 6.07) is 15.6. The van der Waals surface area contributed by atoms with Gasteiger partial charge in [-0.05, 0) is 36.8 Å². The molecule has 0 unspecified atom stereocenters. The highest BCUT2D eigenvalue weighted by molar-refractivity contribution is 5.78. The van der Waals surface area contributed by atoms with Crippen molar-refractivity contribution >= 4 is 11.0 Å². The Morgan fingerprint density at radius 1 is 0.923 bits per heavy atom. The number of benzene rings is 2. The van der Waals surface area contributed by atoms with E-state index in [2.05, 4.69) is 0 Å². The fourth-order valence-corrected chi connectivity index (χ4v) is 2.79. The molecule has 3 aromatic rings. The minimum atomic E-state index is 0.659. The Hall–Kier alpha value is -2.79. The van der Waals surface area contributed by atoms with Crippen LogP contribution in [-0.2, 0) is 4.74 Å². The number of hydrogen-bond donors (Lipinski definition) is 0. The van der Waals surface area contributed by atoms with Gasteiger partial charge in [0.2, 0.25) is 0 Å². The topological polar surface area (TPSA) is 53.2 Å². The average molecular weight is 353 g/mol. The van der Waals surface area contributed by atoms with Crippen molar-refractivity contribution in [2.45, 2.75) is 6.42 Å². The Labute approximate surface area is 152 Å². The molecule has 0 amide bonds. The second-order valence-corrected chi connectivity index (χ2v) is 5.79. The number of fused-ring (bicyclic) bond motifs is 1. The highest BCUT2D eigenvalue weighted by atomic mass is 16.5. The molecule has 136 valence electrons. The van der Waals surface area contributed by atoms with Crippen molar-refractivity contribution in [2.75, 3.05) is 34.5 Å². The van der Waals surface area contributed by atoms with Crippen LogP contribution in [0.25, 0.3) is 22.3 Å². The quantitative estimate of drug-likeness (QED) is 0.601. The minimum Gasteiger partial charge on any atom is -0.493 e. The predicted molar refractivity (Wildman–Crippen MR) is 102 cm³/mol. The SMILES string of the molecule is COCCCN=c1cc(-c2ccc(OC)c(OC)c2)oc2ccccc12. The molecule has 0 aliphatic carbocycles. The van der Waals surface area contributed by atoms with Crippen LogP contribution in [0.1, 0.15) is 6.42 Å². The molecule has 0 N–H and O–H groups in total. The minimum absolute atomic E-state index is 0.659. The largest absolute Gasteiger partial charge is 0.493 e. The molecule has 0 aliphatic rings. The molecule has 3 rings (SSSR count). The molecule has 5 nitrogen and oxygen atoms in total. The lowest BCUT2D eigenvalue weighted by Crippen LogP contribution is -2.06. The maximum atomic E-state index is 6.11. The maximum Gasteiger partial charge on any atom is 0.161 e. The van der Waals surface area contributed by atoms with E-state index in [-0.39, 0.29) is 0 Å². The van der Waals surface area contributed by atoms with Gasteiger partial charge in [0, 0.05) is 37.3 Å². The fraction of sp³-hybridized carbons (Fsp3) is 0.286. The third-order valence-electron chi connectivity index (χ3n) is 4.11. The van der Waals surface area contributed by atoms with Crippen LogP contribution in [0.3, 0.4) is 0 Å². The van der Waals surface area contributed by atoms with Crippen LogP contribution >= 0.6 is 0 Å². The van der Waals surface area contributed by atoms with Gasteiger partial charge in [-0.3, -0.25) is 4.99 Å². The third kappa shape index (κ3) is 3.89. The Kier molecular flexibility index (Phi) is 5.92. The zero-order valence-corrected chi connectivity index (χ0v) is 15.3. The summed E-state index contributed by atoms with van der Waals surface area (Å²) < 4.78 is 21.9. The smallest absolute Gasteiger partial charge is 0.161 e. The maximum absolute atomic E-state index is 6.11. The Balaban J connectivity index is 2.09. The summed E-state index contributed by atoms with van der Waals surface area (Å²) in [6.45, 7) is 1.40. The zero-order chi connectivity index (χ0) is 18.4. The molecule has 0 radical (unpaired) electrons. The number of hydrogen-bond acceptors (Lipinski definition) is 5. The molecule has 0 saturated carbocycles. The summed E-state index contributed by atoms with van der Waals surface area (Å²) in [4.78, 5) is 4.74. The van der Waals surface area contributed by atoms with Crippen LogP contribution in [-0.4, -0.2) is 34.5 Å². The van der Waals surface area contributed by atoms with Crippen molar-refractivity contribution in [2.24, 2.45) is 4.99 Å². The molecule has 0 bridgehead atoms. The first-order valence-electron chi connectivity index (χ1n) is 8.51. The molecule has 1 aromatic heterocycles. The highest BCUT2D eigenvalue weighted by Crippen LogP contribution is 2.32. The highest BCUT2D eigenvalue weighted by Gasteiger charge is 2.10. The van der Waals surface area contributed by atoms with E-state index >= 15 is 0 Å². The summed E-state index contributed by atoms with van der Waals surface area (Å²) in [7, 11) is 4.94. The number of methoxy groups -OCH3 is 3. The predicted octanol–water partition coefficient (Wildman–Crippen LogP) is 4.05. The van der Waals surface area contributed by atoms with E-state index in [1.807, 2.05) is 48.5 Å². The number of nitrogens with zero attached hydrogens (tertiary/aromatic N) is 1. The van der Waals surface area contributed by atoms with Crippen LogP contribution in [0.15, 0.2) is 57.9 Å². The third-order valence-corrected chi connectivity index (χ3v) is 4.11. The van der Waals surface area contributed by atoms with Gasteiger partial charge in [-0.2, -0.15) is 0 Å². The van der Waals surface area contributed by atoms with Crippen molar-refractivity contribution in [1.29, 1.82) is 0 Å². The van der Waals surface area contributed by atoms with Gasteiger partial charge in [0.1, 0.15) is 11.3 Å². The Bertz CT molecular complexity index is 946. The molecule has 0 atom stereocenters. The summed E-state index contributed by atoms with van der Waals surface area (Å²) >= 11 is 0. The number of ether oxygens (including phenoxy) is 3. The van der Waals surface area contributed by atoms with Gasteiger partial charge in [0.05, 0.1) is 19.6 Å². The molecule has 0 spiro atoms. The second-order valence-electron chi connectivity index (χ2n) is 5.79. The molecule has 0 aliphatic heterocycles. The molecule has 5 heteroatoms. The zero-order valence-electron chi connectivity index (χ0n) is 15.3. The van der Waals surface area contributed by atoms with Crippen LogP contribution in [0.5, 0.6) is 11.5 Å². The van der Waals surface area contributed by atoms with Crippen LogP contribution in [0.2, 0.25) is 0 Å². The first kappa shape index (κ1) is 18.0. The van der Waals surface area contributed by atoms with Crippen LogP contribution < -0.4 is 14.8 Å². The lowest BCUT2D eigenvalue weighted by Gasteiger charge is -2.10. The summed E-state index contributed by atoms with van der Waals surface area (Å²) in [5.74, 6) is 2.07. The molecule has 1 heterocycles. The van der Waals surface area contributed by atoms with Gasteiger partial charge < -0.3 is 18.6 Å². The molecule has 0 saturated heterocycles. The first-order valence-corrected chi connectivity index (χ1v) is 8.51. The summed E-state index contributed by atoms with van der Waals surface area (Å²) in [6.07, 6.45) is 0.878. The second kappa shape index (κ2) is 8.54. The normalized spacial score (nSPS) is 11.7. The molecular weight excluding hydrogens is 330 g/mol. The van der Waals surface area contributed by atoms with Gasteiger partial charge in [0.15, 0.2) is 11.5 Å². The van der Waals surface area contributed by atoms with E-state index in [9.17, 15) is 0 Å². The number of para-hydroxylation sites is 1. The summed E-state index contributed by atoms with van der Waals surface area (Å²) in [5, 5.41) is 1.90. The van der Waals surface area contributed by atoms with Crippen molar-refractivity contribution < 1.29 is 18.6 Å². The van der Waals surface area contributed by atoms with E-state index < -0.39 is 0 Å². The molecule has 0 fully saturated rings. The van der Waals surface area contributed by atoms with E-state index in [0.29, 0.717) is 24.7 Å². The first-order chi connectivity index (χ1) is 12.8. The van der Waals surface area contributed by atoms with E-state index in [1.54, 1.807) is 21.3 Å². The number of rotatable bonds is 7. The van der Waals surface area contributed by atoms with E-state index in [1.165, 1.54) is 0 Å². The summed E-state index contributed by atoms with van der Waals surface area (Å²) in [5.41, 5.74) is 1.70. The van der Waals surface area contributed by atoms with Crippen molar-refractivity contribution in [3.05, 3.63) is 53.9 Å². The Morgan fingerprint density at radius 3 is 2.50 bits per heavy atom.